The van der Waals surface area contributed by atoms with E-state index in [0.29, 0.717) is 18.4 Å². The first-order valence-electron chi connectivity index (χ1n) is 9.17. The van der Waals surface area contributed by atoms with E-state index in [1.54, 1.807) is 4.57 Å². The third kappa shape index (κ3) is 3.81. The van der Waals surface area contributed by atoms with E-state index >= 15 is 0 Å². The Hall–Kier alpha value is -2.47. The van der Waals surface area contributed by atoms with E-state index in [1.165, 1.54) is 16.9 Å². The van der Waals surface area contributed by atoms with Gasteiger partial charge in [0.25, 0.3) is 5.56 Å². The number of benzene rings is 1. The van der Waals surface area contributed by atoms with Gasteiger partial charge < -0.3 is 5.73 Å². The van der Waals surface area contributed by atoms with Crippen molar-refractivity contribution in [3.05, 3.63) is 50.9 Å². The van der Waals surface area contributed by atoms with Crippen LogP contribution in [0.2, 0.25) is 0 Å². The van der Waals surface area contributed by atoms with Gasteiger partial charge in [-0.15, -0.1) is 11.3 Å². The molecule has 3 rings (SSSR count). The zero-order valence-corrected chi connectivity index (χ0v) is 17.0. The summed E-state index contributed by atoms with van der Waals surface area (Å²) < 4.78 is 1.72. The van der Waals surface area contributed by atoms with E-state index in [1.807, 2.05) is 19.2 Å². The molecule has 3 aromatic rings. The predicted molar refractivity (Wildman–Crippen MR) is 111 cm³/mol. The highest BCUT2D eigenvalue weighted by Gasteiger charge is 2.19. The van der Waals surface area contributed by atoms with E-state index in [4.69, 9.17) is 10.7 Å². The van der Waals surface area contributed by atoms with E-state index in [0.717, 1.165) is 27.3 Å². The summed E-state index contributed by atoms with van der Waals surface area (Å²) >= 11 is 1.51. The molecule has 0 saturated heterocycles. The molecule has 0 unspecified atom stereocenters. The molecule has 0 aliphatic carbocycles. The first kappa shape index (κ1) is 19.3. The van der Waals surface area contributed by atoms with E-state index < -0.39 is 0 Å². The number of nitrogens with zero attached hydrogens (tertiary/aromatic N) is 2. The second-order valence-corrected chi connectivity index (χ2v) is 8.16. The highest BCUT2D eigenvalue weighted by Crippen LogP contribution is 2.34. The Kier molecular flexibility index (Phi) is 5.46. The summed E-state index contributed by atoms with van der Waals surface area (Å²) in [5.41, 5.74) is 9.55. The minimum absolute atomic E-state index is 0.0376. The average Bonchev–Trinajstić information content (AvgIpc) is 3.00. The molecule has 0 bridgehead atoms. The Labute approximate surface area is 162 Å². The molecule has 0 spiro atoms. The van der Waals surface area contributed by atoms with Gasteiger partial charge in [-0.25, -0.2) is 4.98 Å². The van der Waals surface area contributed by atoms with E-state index in [9.17, 15) is 9.59 Å². The van der Waals surface area contributed by atoms with Crippen molar-refractivity contribution in [3.8, 4) is 11.1 Å². The Balaban J connectivity index is 2.19. The Morgan fingerprint density at radius 1 is 1.26 bits per heavy atom. The summed E-state index contributed by atoms with van der Waals surface area (Å²) in [6.07, 6.45) is 0.792. The monoisotopic (exact) mass is 383 g/mol. The smallest absolute Gasteiger partial charge is 0.262 e. The predicted octanol–water partition coefficient (Wildman–Crippen LogP) is 4.13. The molecule has 2 aromatic heterocycles. The van der Waals surface area contributed by atoms with Crippen LogP contribution in [0.1, 0.15) is 49.6 Å². The number of hydrogen-bond donors (Lipinski definition) is 1. The summed E-state index contributed by atoms with van der Waals surface area (Å²) in [5.74, 6) is 0.517. The van der Waals surface area contributed by atoms with Crippen molar-refractivity contribution in [2.75, 3.05) is 0 Å². The van der Waals surface area contributed by atoms with Crippen LogP contribution >= 0.6 is 11.3 Å². The van der Waals surface area contributed by atoms with Crippen molar-refractivity contribution >= 4 is 27.5 Å². The van der Waals surface area contributed by atoms with Gasteiger partial charge in [0, 0.05) is 29.8 Å². The topological polar surface area (TPSA) is 78.0 Å². The highest BCUT2D eigenvalue weighted by molar-refractivity contribution is 7.17. The fourth-order valence-corrected chi connectivity index (χ4v) is 4.36. The first-order chi connectivity index (χ1) is 12.8. The number of rotatable bonds is 6. The van der Waals surface area contributed by atoms with Crippen LogP contribution in [0.4, 0.5) is 0 Å². The third-order valence-corrected chi connectivity index (χ3v) is 5.59. The van der Waals surface area contributed by atoms with Crippen LogP contribution in [0.5, 0.6) is 0 Å². The van der Waals surface area contributed by atoms with E-state index in [-0.39, 0.29) is 23.8 Å². The Morgan fingerprint density at radius 2 is 2.00 bits per heavy atom. The summed E-state index contributed by atoms with van der Waals surface area (Å²) in [4.78, 5) is 30.0. The van der Waals surface area contributed by atoms with Crippen molar-refractivity contribution in [2.24, 2.45) is 5.73 Å². The van der Waals surface area contributed by atoms with Crippen molar-refractivity contribution in [1.82, 2.24) is 9.55 Å². The van der Waals surface area contributed by atoms with Crippen LogP contribution in [0, 0.1) is 13.8 Å². The van der Waals surface area contributed by atoms with Crippen molar-refractivity contribution in [2.45, 2.75) is 53.0 Å². The fourth-order valence-electron chi connectivity index (χ4n) is 3.42. The van der Waals surface area contributed by atoms with Gasteiger partial charge in [-0.2, -0.15) is 0 Å². The third-order valence-electron chi connectivity index (χ3n) is 4.72. The van der Waals surface area contributed by atoms with Gasteiger partial charge in [0.05, 0.1) is 5.39 Å². The quantitative estimate of drug-likeness (QED) is 0.695. The zero-order chi connectivity index (χ0) is 19.7. The van der Waals surface area contributed by atoms with Crippen LogP contribution < -0.4 is 11.3 Å². The van der Waals surface area contributed by atoms with E-state index in [2.05, 4.69) is 32.0 Å². The largest absolute Gasteiger partial charge is 0.370 e. The molecule has 6 heteroatoms. The number of carbonyl (C=O) groups excluding carboxylic acids is 1. The molecule has 27 heavy (non-hydrogen) atoms. The molecule has 0 atom stereocenters. The highest BCUT2D eigenvalue weighted by atomic mass is 32.1. The lowest BCUT2D eigenvalue weighted by Gasteiger charge is -2.15. The van der Waals surface area contributed by atoms with Crippen LogP contribution in [-0.2, 0) is 11.3 Å². The number of nitrogens with two attached hydrogens (primary N) is 1. The lowest BCUT2D eigenvalue weighted by Crippen LogP contribution is -2.26. The standard InChI is InChI=1S/C21H25N3O2S/c1-12(2)19-23-20-18(21(26)24(19)9-5-6-17(22)25)16(11-27-20)15-8-7-13(3)10-14(15)4/h7-8,10-12H,5-6,9H2,1-4H3,(H2,22,25). The van der Waals surface area contributed by atoms with Gasteiger partial charge in [0.1, 0.15) is 10.7 Å². The van der Waals surface area contributed by atoms with Gasteiger partial charge in [-0.1, -0.05) is 37.6 Å². The zero-order valence-electron chi connectivity index (χ0n) is 16.2. The number of aromatic nitrogens is 2. The van der Waals surface area contributed by atoms with Gasteiger partial charge >= 0.3 is 0 Å². The summed E-state index contributed by atoms with van der Waals surface area (Å²) in [6, 6.07) is 6.26. The first-order valence-corrected chi connectivity index (χ1v) is 10.1. The van der Waals surface area contributed by atoms with Crippen LogP contribution in [0.3, 0.4) is 0 Å². The molecule has 1 amide bonds. The molecule has 142 valence electrons. The second-order valence-electron chi connectivity index (χ2n) is 7.30. The molecule has 0 aliphatic rings. The molecule has 0 aliphatic heterocycles. The number of primary amides is 1. The van der Waals surface area contributed by atoms with Crippen molar-refractivity contribution < 1.29 is 4.79 Å². The molecule has 0 fully saturated rings. The number of carbonyl (C=O) groups is 1. The molecule has 2 heterocycles. The summed E-state index contributed by atoms with van der Waals surface area (Å²) in [6.45, 7) is 8.62. The minimum Gasteiger partial charge on any atom is -0.370 e. The average molecular weight is 384 g/mol. The van der Waals surface area contributed by atoms with Crippen LogP contribution in [0.15, 0.2) is 28.4 Å². The summed E-state index contributed by atoms with van der Waals surface area (Å²) in [5, 5.41) is 2.68. The maximum absolute atomic E-state index is 13.4. The number of hydrogen-bond acceptors (Lipinski definition) is 4. The lowest BCUT2D eigenvalue weighted by molar-refractivity contribution is -0.118. The van der Waals surface area contributed by atoms with Gasteiger partial charge in [-0.3, -0.25) is 14.2 Å². The minimum atomic E-state index is -0.352. The molecule has 1 aromatic carbocycles. The number of aryl methyl sites for hydroxylation is 2. The molecular formula is C21H25N3O2S. The Morgan fingerprint density at radius 3 is 2.63 bits per heavy atom. The number of amides is 1. The van der Waals surface area contributed by atoms with Crippen molar-refractivity contribution in [3.63, 3.8) is 0 Å². The number of thiophene rings is 1. The maximum atomic E-state index is 13.4. The fraction of sp³-hybridized carbons (Fsp3) is 0.381. The molecule has 2 N–H and O–H groups in total. The van der Waals surface area contributed by atoms with Gasteiger partial charge in [-0.05, 0) is 31.4 Å². The lowest BCUT2D eigenvalue weighted by atomic mass is 9.99. The van der Waals surface area contributed by atoms with Crippen molar-refractivity contribution in [1.29, 1.82) is 0 Å². The SMILES string of the molecule is Cc1ccc(-c2csc3nc(C(C)C)n(CCCC(N)=O)c(=O)c23)c(C)c1. The van der Waals surface area contributed by atoms with Gasteiger partial charge in [0.15, 0.2) is 0 Å². The second kappa shape index (κ2) is 7.64. The molecule has 0 saturated carbocycles. The normalized spacial score (nSPS) is 11.4. The number of fused-ring (bicyclic) bond motifs is 1. The summed E-state index contributed by atoms with van der Waals surface area (Å²) in [7, 11) is 0. The van der Waals surface area contributed by atoms with Gasteiger partial charge in [0.2, 0.25) is 5.91 Å². The molecular weight excluding hydrogens is 358 g/mol. The molecule has 0 radical (unpaired) electrons. The molecule has 5 nitrogen and oxygen atoms in total. The van der Waals surface area contributed by atoms with Crippen LogP contribution in [0.25, 0.3) is 21.3 Å². The van der Waals surface area contributed by atoms with Crippen LogP contribution in [-0.4, -0.2) is 15.5 Å². The maximum Gasteiger partial charge on any atom is 0.262 e. The Bertz CT molecular complexity index is 1060.